The van der Waals surface area contributed by atoms with Crippen LogP contribution in [-0.4, -0.2) is 29.6 Å². The maximum Gasteiger partial charge on any atom is 0.273 e. The number of methoxy groups -OCH3 is 1. The first-order valence-corrected chi connectivity index (χ1v) is 7.18. The summed E-state index contributed by atoms with van der Waals surface area (Å²) in [5.74, 6) is 0.509. The Bertz CT molecular complexity index is 450. The van der Waals surface area contributed by atoms with E-state index in [1.165, 1.54) is 13.2 Å². The van der Waals surface area contributed by atoms with Gasteiger partial charge in [0.15, 0.2) is 0 Å². The summed E-state index contributed by atoms with van der Waals surface area (Å²) in [6.07, 6.45) is 2.07. The van der Waals surface area contributed by atoms with Gasteiger partial charge in [0.25, 0.3) is 5.69 Å². The van der Waals surface area contributed by atoms with E-state index in [0.717, 1.165) is 12.1 Å². The van der Waals surface area contributed by atoms with Gasteiger partial charge >= 0.3 is 0 Å². The summed E-state index contributed by atoms with van der Waals surface area (Å²) >= 11 is 1.78. The fraction of sp³-hybridized carbons (Fsp3) is 0.538. The molecular formula is C13H20N2O3S. The first-order chi connectivity index (χ1) is 8.88. The first kappa shape index (κ1) is 15.8. The Morgan fingerprint density at radius 2 is 2.11 bits per heavy atom. The summed E-state index contributed by atoms with van der Waals surface area (Å²) in [6.45, 7) is 5.72. The minimum absolute atomic E-state index is 0.0558. The molecule has 0 bridgehead atoms. The molecule has 0 aliphatic carbocycles. The van der Waals surface area contributed by atoms with Crippen molar-refractivity contribution in [1.29, 1.82) is 0 Å². The zero-order valence-electron chi connectivity index (χ0n) is 11.7. The van der Waals surface area contributed by atoms with E-state index in [-0.39, 0.29) is 10.4 Å². The molecule has 1 aromatic carbocycles. The molecule has 0 fully saturated rings. The van der Waals surface area contributed by atoms with Crippen molar-refractivity contribution in [2.45, 2.75) is 25.1 Å². The summed E-state index contributed by atoms with van der Waals surface area (Å²) in [5, 5.41) is 14.1. The molecule has 19 heavy (non-hydrogen) atoms. The quantitative estimate of drug-likeness (QED) is 0.616. The van der Waals surface area contributed by atoms with Crippen molar-refractivity contribution in [3.05, 3.63) is 33.9 Å². The Hall–Kier alpha value is -1.27. The fourth-order valence-electron chi connectivity index (χ4n) is 1.55. The molecule has 0 radical (unpaired) electrons. The van der Waals surface area contributed by atoms with Gasteiger partial charge in [-0.15, -0.1) is 0 Å². The van der Waals surface area contributed by atoms with Crippen LogP contribution in [0.25, 0.3) is 0 Å². The molecule has 0 heterocycles. The topological polar surface area (TPSA) is 64.4 Å². The lowest BCUT2D eigenvalue weighted by atomic mass is 10.1. The van der Waals surface area contributed by atoms with Crippen LogP contribution in [0.5, 0.6) is 5.75 Å². The largest absolute Gasteiger partial charge is 0.496 e. The van der Waals surface area contributed by atoms with Crippen LogP contribution in [0.1, 0.15) is 19.4 Å². The molecule has 0 saturated carbocycles. The van der Waals surface area contributed by atoms with Gasteiger partial charge in [-0.2, -0.15) is 11.8 Å². The van der Waals surface area contributed by atoms with Crippen LogP contribution in [-0.2, 0) is 6.54 Å². The van der Waals surface area contributed by atoms with Crippen molar-refractivity contribution >= 4 is 17.4 Å². The molecule has 0 atom stereocenters. The molecule has 0 spiro atoms. The average Bonchev–Trinajstić information content (AvgIpc) is 2.38. The van der Waals surface area contributed by atoms with E-state index in [1.807, 2.05) is 6.07 Å². The zero-order chi connectivity index (χ0) is 14.5. The normalized spacial score (nSPS) is 11.4. The van der Waals surface area contributed by atoms with Crippen LogP contribution in [0.2, 0.25) is 0 Å². The first-order valence-electron chi connectivity index (χ1n) is 5.96. The third-order valence-electron chi connectivity index (χ3n) is 2.83. The lowest BCUT2D eigenvalue weighted by molar-refractivity contribution is -0.385. The molecule has 0 aliphatic heterocycles. The molecule has 5 nitrogen and oxygen atoms in total. The standard InChI is InChI=1S/C13H20N2O3S/c1-13(2,19-4)9-14-8-10-5-11(15(16)17)7-12(6-10)18-3/h5-7,14H,8-9H2,1-4H3. The minimum atomic E-state index is -0.405. The van der Waals surface area contributed by atoms with E-state index in [2.05, 4.69) is 25.4 Å². The van der Waals surface area contributed by atoms with Gasteiger partial charge in [0.1, 0.15) is 5.75 Å². The number of ether oxygens (including phenoxy) is 1. The number of thioether (sulfide) groups is 1. The van der Waals surface area contributed by atoms with Crippen molar-refractivity contribution in [2.24, 2.45) is 0 Å². The van der Waals surface area contributed by atoms with E-state index in [0.29, 0.717) is 12.3 Å². The Kier molecular flexibility index (Phi) is 5.62. The van der Waals surface area contributed by atoms with Crippen molar-refractivity contribution in [3.8, 4) is 5.75 Å². The molecular weight excluding hydrogens is 264 g/mol. The summed E-state index contributed by atoms with van der Waals surface area (Å²) < 4.78 is 5.22. The molecule has 0 amide bonds. The van der Waals surface area contributed by atoms with Crippen LogP contribution in [0.15, 0.2) is 18.2 Å². The van der Waals surface area contributed by atoms with Gasteiger partial charge in [-0.05, 0) is 31.7 Å². The SMILES string of the molecule is COc1cc(CNCC(C)(C)SC)cc([N+](=O)[O-])c1. The minimum Gasteiger partial charge on any atom is -0.496 e. The Balaban J connectivity index is 2.72. The van der Waals surface area contributed by atoms with Crippen LogP contribution >= 0.6 is 11.8 Å². The van der Waals surface area contributed by atoms with Crippen molar-refractivity contribution < 1.29 is 9.66 Å². The molecule has 1 rings (SSSR count). The van der Waals surface area contributed by atoms with E-state index in [9.17, 15) is 10.1 Å². The lowest BCUT2D eigenvalue weighted by Gasteiger charge is -2.22. The van der Waals surface area contributed by atoms with Gasteiger partial charge in [-0.3, -0.25) is 10.1 Å². The van der Waals surface area contributed by atoms with Crippen LogP contribution in [0.3, 0.4) is 0 Å². The second-order valence-corrected chi connectivity index (χ2v) is 6.38. The summed E-state index contributed by atoms with van der Waals surface area (Å²) in [7, 11) is 1.51. The van der Waals surface area contributed by atoms with E-state index in [4.69, 9.17) is 4.74 Å². The highest BCUT2D eigenvalue weighted by molar-refractivity contribution is 7.99. The van der Waals surface area contributed by atoms with Crippen LogP contribution < -0.4 is 10.1 Å². The number of rotatable bonds is 7. The van der Waals surface area contributed by atoms with E-state index < -0.39 is 4.92 Å². The third-order valence-corrected chi connectivity index (χ3v) is 4.08. The maximum atomic E-state index is 10.8. The molecule has 0 aliphatic rings. The Labute approximate surface area is 117 Å². The van der Waals surface area contributed by atoms with Crippen molar-refractivity contribution in [3.63, 3.8) is 0 Å². The summed E-state index contributed by atoms with van der Waals surface area (Å²) in [5.41, 5.74) is 0.906. The molecule has 1 N–H and O–H groups in total. The predicted molar refractivity (Wildman–Crippen MR) is 78.9 cm³/mol. The predicted octanol–water partition coefficient (Wildman–Crippen LogP) is 2.83. The second-order valence-electron chi connectivity index (χ2n) is 4.86. The van der Waals surface area contributed by atoms with Gasteiger partial charge in [0.2, 0.25) is 0 Å². The lowest BCUT2D eigenvalue weighted by Crippen LogP contribution is -2.31. The highest BCUT2D eigenvalue weighted by atomic mass is 32.2. The number of nitro benzene ring substituents is 1. The molecule has 0 aromatic heterocycles. The highest BCUT2D eigenvalue weighted by Gasteiger charge is 2.15. The van der Waals surface area contributed by atoms with Gasteiger partial charge in [-0.25, -0.2) is 0 Å². The van der Waals surface area contributed by atoms with Crippen molar-refractivity contribution in [2.75, 3.05) is 19.9 Å². The number of non-ortho nitro benzene ring substituents is 1. The monoisotopic (exact) mass is 284 g/mol. The van der Waals surface area contributed by atoms with E-state index in [1.54, 1.807) is 17.8 Å². The van der Waals surface area contributed by atoms with Gasteiger partial charge < -0.3 is 10.1 Å². The smallest absolute Gasteiger partial charge is 0.273 e. The van der Waals surface area contributed by atoms with Gasteiger partial charge in [0.05, 0.1) is 18.1 Å². The number of nitrogens with one attached hydrogen (secondary N) is 1. The number of nitro groups is 1. The number of benzene rings is 1. The summed E-state index contributed by atoms with van der Waals surface area (Å²) in [6, 6.07) is 4.81. The second kappa shape index (κ2) is 6.77. The van der Waals surface area contributed by atoms with Crippen molar-refractivity contribution in [1.82, 2.24) is 5.32 Å². The Morgan fingerprint density at radius 3 is 2.63 bits per heavy atom. The van der Waals surface area contributed by atoms with Gasteiger partial charge in [-0.1, -0.05) is 0 Å². The maximum absolute atomic E-state index is 10.8. The van der Waals surface area contributed by atoms with Crippen LogP contribution in [0, 0.1) is 10.1 Å². The third kappa shape index (κ3) is 5.08. The molecule has 6 heteroatoms. The molecule has 1 aromatic rings. The summed E-state index contributed by atoms with van der Waals surface area (Å²) in [4.78, 5) is 10.4. The number of hydrogen-bond donors (Lipinski definition) is 1. The zero-order valence-corrected chi connectivity index (χ0v) is 12.5. The van der Waals surface area contributed by atoms with E-state index >= 15 is 0 Å². The molecule has 106 valence electrons. The fourth-order valence-corrected chi connectivity index (χ4v) is 1.80. The highest BCUT2D eigenvalue weighted by Crippen LogP contribution is 2.23. The number of nitrogens with zero attached hydrogens (tertiary/aromatic N) is 1. The van der Waals surface area contributed by atoms with Gasteiger partial charge in [0, 0.05) is 23.9 Å². The average molecular weight is 284 g/mol. The molecule has 0 saturated heterocycles. The van der Waals surface area contributed by atoms with Crippen LogP contribution in [0.4, 0.5) is 5.69 Å². The molecule has 0 unspecified atom stereocenters. The Morgan fingerprint density at radius 1 is 1.42 bits per heavy atom. The number of hydrogen-bond acceptors (Lipinski definition) is 5.